The summed E-state index contributed by atoms with van der Waals surface area (Å²) in [7, 11) is 0. The van der Waals surface area contributed by atoms with Crippen LogP contribution >= 0.6 is 0 Å². The third-order valence-corrected chi connectivity index (χ3v) is 10.2. The number of fused-ring (bicyclic) bond motifs is 4. The largest absolute Gasteiger partial charge is 0.456 e. The zero-order valence-corrected chi connectivity index (χ0v) is 29.6. The van der Waals surface area contributed by atoms with Gasteiger partial charge in [-0.05, 0) is 81.4 Å². The molecule has 0 saturated heterocycles. The molecule has 0 radical (unpaired) electrons. The van der Waals surface area contributed by atoms with E-state index in [2.05, 4.69) is 177 Å². The van der Waals surface area contributed by atoms with Crippen LogP contribution in [0.4, 0.5) is 0 Å². The fourth-order valence-electron chi connectivity index (χ4n) is 7.54. The van der Waals surface area contributed by atoms with Gasteiger partial charge >= 0.3 is 0 Å². The molecule has 4 nitrogen and oxygen atoms in total. The summed E-state index contributed by atoms with van der Waals surface area (Å²) < 4.78 is 6.58. The summed E-state index contributed by atoms with van der Waals surface area (Å²) in [4.78, 5) is 15.4. The topological polar surface area (TPSA) is 51.8 Å². The molecule has 0 saturated carbocycles. The number of aromatic nitrogens is 3. The fraction of sp³-hybridized carbons (Fsp3) is 0.0200. The van der Waals surface area contributed by atoms with Gasteiger partial charge in [0.25, 0.3) is 0 Å². The molecule has 10 rings (SSSR count). The predicted octanol–water partition coefficient (Wildman–Crippen LogP) is 13.2. The number of benzene rings is 8. The highest BCUT2D eigenvalue weighted by Gasteiger charge is 2.18. The molecule has 2 heterocycles. The molecule has 8 aromatic carbocycles. The Morgan fingerprint density at radius 3 is 1.76 bits per heavy atom. The molecule has 0 atom stereocenters. The molecule has 0 spiro atoms. The van der Waals surface area contributed by atoms with Crippen molar-refractivity contribution in [3.63, 3.8) is 0 Å². The van der Waals surface area contributed by atoms with E-state index >= 15 is 0 Å². The minimum absolute atomic E-state index is 0.585. The Labute approximate surface area is 313 Å². The monoisotopic (exact) mass is 691 g/mol. The number of aryl methyl sites for hydroxylation is 1. The van der Waals surface area contributed by atoms with Gasteiger partial charge in [-0.15, -0.1) is 0 Å². The third-order valence-electron chi connectivity index (χ3n) is 10.2. The SMILES string of the molecule is Cc1cccc(-c2cccc(-c3nc(-c4ccc5c(c4)oc4cccc(-c6cccc(-c7ccccc7)c6)c45)nc(-c4cccc5ccccc45)n3)c2)c1. The molecule has 54 heavy (non-hydrogen) atoms. The first-order chi connectivity index (χ1) is 26.6. The van der Waals surface area contributed by atoms with E-state index in [1.165, 1.54) is 16.7 Å². The third kappa shape index (κ3) is 5.71. The molecular formula is C50H33N3O. The van der Waals surface area contributed by atoms with E-state index in [1.807, 2.05) is 12.1 Å². The van der Waals surface area contributed by atoms with Crippen molar-refractivity contribution >= 4 is 32.7 Å². The van der Waals surface area contributed by atoms with Crippen molar-refractivity contribution in [3.8, 4) is 67.5 Å². The molecule has 254 valence electrons. The van der Waals surface area contributed by atoms with Gasteiger partial charge in [-0.1, -0.05) is 157 Å². The van der Waals surface area contributed by atoms with Crippen molar-refractivity contribution in [1.29, 1.82) is 0 Å². The van der Waals surface area contributed by atoms with Crippen molar-refractivity contribution in [1.82, 2.24) is 15.0 Å². The van der Waals surface area contributed by atoms with E-state index < -0.39 is 0 Å². The first-order valence-electron chi connectivity index (χ1n) is 18.2. The van der Waals surface area contributed by atoms with E-state index in [0.29, 0.717) is 17.5 Å². The van der Waals surface area contributed by atoms with E-state index in [4.69, 9.17) is 19.4 Å². The molecule has 0 N–H and O–H groups in total. The van der Waals surface area contributed by atoms with Gasteiger partial charge in [-0.25, -0.2) is 15.0 Å². The normalized spacial score (nSPS) is 11.4. The van der Waals surface area contributed by atoms with Crippen molar-refractivity contribution < 1.29 is 4.42 Å². The molecular weight excluding hydrogens is 659 g/mol. The summed E-state index contributed by atoms with van der Waals surface area (Å²) in [6.45, 7) is 2.12. The Bertz CT molecular complexity index is 3010. The minimum atomic E-state index is 0.585. The lowest BCUT2D eigenvalue weighted by atomic mass is 9.96. The highest BCUT2D eigenvalue weighted by atomic mass is 16.3. The molecule has 0 aliphatic heterocycles. The quantitative estimate of drug-likeness (QED) is 0.174. The summed E-state index contributed by atoms with van der Waals surface area (Å²) in [5, 5.41) is 4.36. The molecule has 0 unspecified atom stereocenters. The average molecular weight is 692 g/mol. The van der Waals surface area contributed by atoms with Crippen LogP contribution in [0.3, 0.4) is 0 Å². The molecule has 0 fully saturated rings. The van der Waals surface area contributed by atoms with Crippen LogP contribution in [0.2, 0.25) is 0 Å². The first kappa shape index (κ1) is 31.6. The molecule has 0 amide bonds. The molecule has 0 aliphatic rings. The lowest BCUT2D eigenvalue weighted by Gasteiger charge is -2.11. The Kier molecular flexibility index (Phi) is 7.66. The van der Waals surface area contributed by atoms with Crippen LogP contribution in [0.15, 0.2) is 186 Å². The Morgan fingerprint density at radius 1 is 0.352 bits per heavy atom. The minimum Gasteiger partial charge on any atom is -0.456 e. The van der Waals surface area contributed by atoms with Gasteiger partial charge in [0.2, 0.25) is 0 Å². The summed E-state index contributed by atoms with van der Waals surface area (Å²) in [5.41, 5.74) is 12.5. The number of furan rings is 1. The molecule has 4 heteroatoms. The standard InChI is InChI=1S/C50H33N3O/c1-32-12-7-17-35(28-32)37-19-9-21-39(30-37)48-51-49(53-50(52-48)43-24-10-16-34-15-5-6-22-41(34)43)40-26-27-44-46(31-40)54-45-25-11-23-42(47(44)45)38-20-8-18-36(29-38)33-13-3-2-4-14-33/h2-31H,1H3. The van der Waals surface area contributed by atoms with Crippen molar-refractivity contribution in [3.05, 3.63) is 188 Å². The van der Waals surface area contributed by atoms with Crippen LogP contribution in [0.5, 0.6) is 0 Å². The van der Waals surface area contributed by atoms with Gasteiger partial charge in [0.05, 0.1) is 0 Å². The number of rotatable bonds is 6. The van der Waals surface area contributed by atoms with E-state index in [1.54, 1.807) is 0 Å². The maximum atomic E-state index is 6.58. The van der Waals surface area contributed by atoms with Crippen LogP contribution < -0.4 is 0 Å². The second-order valence-corrected chi connectivity index (χ2v) is 13.7. The number of hydrogen-bond donors (Lipinski definition) is 0. The summed E-state index contributed by atoms with van der Waals surface area (Å²) >= 11 is 0. The highest BCUT2D eigenvalue weighted by Crippen LogP contribution is 2.39. The molecule has 0 aliphatic carbocycles. The second-order valence-electron chi connectivity index (χ2n) is 13.7. The van der Waals surface area contributed by atoms with Crippen molar-refractivity contribution in [2.75, 3.05) is 0 Å². The van der Waals surface area contributed by atoms with Crippen LogP contribution in [0, 0.1) is 6.92 Å². The van der Waals surface area contributed by atoms with Gasteiger partial charge in [0.1, 0.15) is 11.2 Å². The van der Waals surface area contributed by atoms with E-state index in [0.717, 1.165) is 71.7 Å². The lowest BCUT2D eigenvalue weighted by molar-refractivity contribution is 0.669. The molecule has 0 bridgehead atoms. The van der Waals surface area contributed by atoms with E-state index in [9.17, 15) is 0 Å². The van der Waals surface area contributed by atoms with Gasteiger partial charge in [-0.2, -0.15) is 0 Å². The van der Waals surface area contributed by atoms with Crippen LogP contribution in [-0.2, 0) is 0 Å². The molecule has 10 aromatic rings. The zero-order chi connectivity index (χ0) is 36.0. The zero-order valence-electron chi connectivity index (χ0n) is 29.6. The van der Waals surface area contributed by atoms with Crippen LogP contribution in [-0.4, -0.2) is 15.0 Å². The summed E-state index contributed by atoms with van der Waals surface area (Å²) in [6.07, 6.45) is 0. The van der Waals surface area contributed by atoms with Gasteiger partial charge in [0.15, 0.2) is 17.5 Å². The highest BCUT2D eigenvalue weighted by molar-refractivity contribution is 6.13. The molecule has 2 aromatic heterocycles. The number of nitrogens with zero attached hydrogens (tertiary/aromatic N) is 3. The van der Waals surface area contributed by atoms with Gasteiger partial charge in [-0.3, -0.25) is 0 Å². The van der Waals surface area contributed by atoms with Gasteiger partial charge in [0, 0.05) is 27.5 Å². The van der Waals surface area contributed by atoms with Crippen molar-refractivity contribution in [2.45, 2.75) is 6.92 Å². The fourth-order valence-corrected chi connectivity index (χ4v) is 7.54. The maximum absolute atomic E-state index is 6.58. The Morgan fingerprint density at radius 2 is 0.926 bits per heavy atom. The second kappa shape index (κ2) is 13.1. The average Bonchev–Trinajstić information content (AvgIpc) is 3.62. The first-order valence-corrected chi connectivity index (χ1v) is 18.2. The van der Waals surface area contributed by atoms with Gasteiger partial charge < -0.3 is 4.42 Å². The van der Waals surface area contributed by atoms with Crippen LogP contribution in [0.25, 0.3) is 100 Å². The smallest absolute Gasteiger partial charge is 0.164 e. The maximum Gasteiger partial charge on any atom is 0.164 e. The van der Waals surface area contributed by atoms with E-state index in [-0.39, 0.29) is 0 Å². The Hall–Kier alpha value is -7.17. The van der Waals surface area contributed by atoms with Crippen LogP contribution in [0.1, 0.15) is 5.56 Å². The summed E-state index contributed by atoms with van der Waals surface area (Å²) in [5.74, 6) is 1.82. The van der Waals surface area contributed by atoms with Crippen molar-refractivity contribution in [2.24, 2.45) is 0 Å². The Balaban J connectivity index is 1.13. The predicted molar refractivity (Wildman–Crippen MR) is 222 cm³/mol. The number of hydrogen-bond acceptors (Lipinski definition) is 4. The summed E-state index contributed by atoms with van der Waals surface area (Å²) in [6, 6.07) is 63.4. The lowest BCUT2D eigenvalue weighted by Crippen LogP contribution is -2.00.